The SMILES string of the molecule is CC(C)C(C)CCOCCOCCOCCNC(C)(C)C. The van der Waals surface area contributed by atoms with Crippen LogP contribution in [0.1, 0.15) is 48.0 Å². The molecule has 0 aromatic rings. The van der Waals surface area contributed by atoms with Crippen molar-refractivity contribution in [3.8, 4) is 0 Å². The number of ether oxygens (including phenoxy) is 3. The summed E-state index contributed by atoms with van der Waals surface area (Å²) in [6, 6.07) is 0. The van der Waals surface area contributed by atoms with E-state index < -0.39 is 0 Å². The van der Waals surface area contributed by atoms with Gasteiger partial charge in [0.15, 0.2) is 0 Å². The third-order valence-corrected chi connectivity index (χ3v) is 3.50. The lowest BCUT2D eigenvalue weighted by atomic mass is 9.95. The molecule has 0 radical (unpaired) electrons. The van der Waals surface area contributed by atoms with Crippen LogP contribution in [-0.4, -0.2) is 51.7 Å². The van der Waals surface area contributed by atoms with Crippen LogP contribution in [0, 0.1) is 11.8 Å². The van der Waals surface area contributed by atoms with Crippen LogP contribution in [-0.2, 0) is 14.2 Å². The molecule has 4 nitrogen and oxygen atoms in total. The average Bonchev–Trinajstić information content (AvgIpc) is 2.38. The number of rotatable bonds is 13. The Labute approximate surface area is 131 Å². The molecule has 0 amide bonds. The molecule has 0 heterocycles. The molecule has 1 atom stereocenters. The van der Waals surface area contributed by atoms with Crippen LogP contribution in [0.3, 0.4) is 0 Å². The fourth-order valence-electron chi connectivity index (χ4n) is 1.64. The molecular weight excluding hydrogens is 266 g/mol. The fraction of sp³-hybridized carbons (Fsp3) is 1.00. The minimum atomic E-state index is 0.157. The predicted molar refractivity (Wildman–Crippen MR) is 88.8 cm³/mol. The third kappa shape index (κ3) is 16.0. The summed E-state index contributed by atoms with van der Waals surface area (Å²) >= 11 is 0. The number of hydrogen-bond acceptors (Lipinski definition) is 4. The Morgan fingerprint density at radius 2 is 1.24 bits per heavy atom. The first-order valence-electron chi connectivity index (χ1n) is 8.31. The second-order valence-corrected chi connectivity index (χ2v) is 7.02. The topological polar surface area (TPSA) is 39.7 Å². The standard InChI is InChI=1S/C17H37NO3/c1-15(2)16(3)7-9-19-11-13-21-14-12-20-10-8-18-17(4,5)6/h15-16,18H,7-14H2,1-6H3. The molecule has 0 aliphatic carbocycles. The molecule has 4 heteroatoms. The summed E-state index contributed by atoms with van der Waals surface area (Å²) in [5.74, 6) is 1.45. The molecule has 0 saturated heterocycles. The molecule has 0 bridgehead atoms. The van der Waals surface area contributed by atoms with Crippen molar-refractivity contribution in [1.82, 2.24) is 5.32 Å². The minimum Gasteiger partial charge on any atom is -0.379 e. The molecule has 0 spiro atoms. The van der Waals surface area contributed by atoms with Crippen LogP contribution in [0.5, 0.6) is 0 Å². The van der Waals surface area contributed by atoms with Crippen molar-refractivity contribution in [3.63, 3.8) is 0 Å². The van der Waals surface area contributed by atoms with Gasteiger partial charge in [-0.25, -0.2) is 0 Å². The summed E-state index contributed by atoms with van der Waals surface area (Å²) in [7, 11) is 0. The maximum absolute atomic E-state index is 5.56. The second-order valence-electron chi connectivity index (χ2n) is 7.02. The molecule has 128 valence electrons. The number of hydrogen-bond donors (Lipinski definition) is 1. The Balaban J connectivity index is 3.13. The van der Waals surface area contributed by atoms with Gasteiger partial charge in [0.25, 0.3) is 0 Å². The lowest BCUT2D eigenvalue weighted by molar-refractivity contribution is 0.0118. The fourth-order valence-corrected chi connectivity index (χ4v) is 1.64. The van der Waals surface area contributed by atoms with E-state index in [0.29, 0.717) is 26.4 Å². The molecule has 0 aromatic carbocycles. The van der Waals surface area contributed by atoms with Crippen molar-refractivity contribution in [3.05, 3.63) is 0 Å². The van der Waals surface area contributed by atoms with Crippen molar-refractivity contribution in [2.45, 2.75) is 53.5 Å². The Kier molecular flexibility index (Phi) is 12.3. The maximum atomic E-state index is 5.56. The first-order valence-corrected chi connectivity index (χ1v) is 8.31. The molecule has 21 heavy (non-hydrogen) atoms. The van der Waals surface area contributed by atoms with E-state index >= 15 is 0 Å². The van der Waals surface area contributed by atoms with Gasteiger partial charge in [-0.05, 0) is 39.0 Å². The highest BCUT2D eigenvalue weighted by molar-refractivity contribution is 4.69. The van der Waals surface area contributed by atoms with Gasteiger partial charge in [0.05, 0.1) is 33.0 Å². The Bertz CT molecular complexity index is 227. The van der Waals surface area contributed by atoms with Crippen LogP contribution >= 0.6 is 0 Å². The van der Waals surface area contributed by atoms with Gasteiger partial charge in [0.2, 0.25) is 0 Å². The smallest absolute Gasteiger partial charge is 0.0701 e. The van der Waals surface area contributed by atoms with Crippen molar-refractivity contribution < 1.29 is 14.2 Å². The van der Waals surface area contributed by atoms with Crippen molar-refractivity contribution >= 4 is 0 Å². The van der Waals surface area contributed by atoms with Crippen LogP contribution in [0.2, 0.25) is 0 Å². The molecule has 0 saturated carbocycles. The largest absolute Gasteiger partial charge is 0.379 e. The van der Waals surface area contributed by atoms with Gasteiger partial charge in [-0.15, -0.1) is 0 Å². The lowest BCUT2D eigenvalue weighted by Gasteiger charge is -2.20. The first kappa shape index (κ1) is 20.8. The van der Waals surface area contributed by atoms with Gasteiger partial charge < -0.3 is 19.5 Å². The van der Waals surface area contributed by atoms with Gasteiger partial charge in [-0.1, -0.05) is 20.8 Å². The average molecular weight is 303 g/mol. The zero-order chi connectivity index (χ0) is 16.1. The van der Waals surface area contributed by atoms with E-state index in [1.54, 1.807) is 0 Å². The van der Waals surface area contributed by atoms with E-state index in [2.05, 4.69) is 46.9 Å². The van der Waals surface area contributed by atoms with Gasteiger partial charge in [-0.2, -0.15) is 0 Å². The Morgan fingerprint density at radius 1 is 0.762 bits per heavy atom. The van der Waals surface area contributed by atoms with E-state index in [-0.39, 0.29) is 5.54 Å². The first-order chi connectivity index (χ1) is 9.83. The van der Waals surface area contributed by atoms with Crippen LogP contribution in [0.4, 0.5) is 0 Å². The normalized spacial score (nSPS) is 13.9. The van der Waals surface area contributed by atoms with E-state index in [1.165, 1.54) is 0 Å². The number of nitrogens with one attached hydrogen (secondary N) is 1. The molecule has 0 fully saturated rings. The van der Waals surface area contributed by atoms with Crippen LogP contribution in [0.25, 0.3) is 0 Å². The van der Waals surface area contributed by atoms with Crippen molar-refractivity contribution in [2.24, 2.45) is 11.8 Å². The molecular formula is C17H37NO3. The van der Waals surface area contributed by atoms with Gasteiger partial charge in [0.1, 0.15) is 0 Å². The lowest BCUT2D eigenvalue weighted by Crippen LogP contribution is -2.38. The third-order valence-electron chi connectivity index (χ3n) is 3.50. The van der Waals surface area contributed by atoms with Crippen molar-refractivity contribution in [2.75, 3.05) is 46.2 Å². The van der Waals surface area contributed by atoms with Crippen LogP contribution in [0.15, 0.2) is 0 Å². The molecule has 1 unspecified atom stereocenters. The second kappa shape index (κ2) is 12.4. The van der Waals surface area contributed by atoms with Crippen molar-refractivity contribution in [1.29, 1.82) is 0 Å². The highest BCUT2D eigenvalue weighted by atomic mass is 16.5. The quantitative estimate of drug-likeness (QED) is 0.531. The summed E-state index contributed by atoms with van der Waals surface area (Å²) in [5.41, 5.74) is 0.157. The Morgan fingerprint density at radius 3 is 1.71 bits per heavy atom. The molecule has 0 aromatic heterocycles. The predicted octanol–water partition coefficient (Wildman–Crippen LogP) is 3.11. The molecule has 0 aliphatic heterocycles. The molecule has 0 aliphatic rings. The van der Waals surface area contributed by atoms with Crippen LogP contribution < -0.4 is 5.32 Å². The summed E-state index contributed by atoms with van der Waals surface area (Å²) in [6.07, 6.45) is 1.13. The highest BCUT2D eigenvalue weighted by Gasteiger charge is 2.07. The van der Waals surface area contributed by atoms with E-state index in [4.69, 9.17) is 14.2 Å². The van der Waals surface area contributed by atoms with Gasteiger partial charge in [-0.3, -0.25) is 0 Å². The summed E-state index contributed by atoms with van der Waals surface area (Å²) in [5, 5.41) is 3.38. The van der Waals surface area contributed by atoms with Gasteiger partial charge >= 0.3 is 0 Å². The Hall–Kier alpha value is -0.160. The summed E-state index contributed by atoms with van der Waals surface area (Å²) in [6.45, 7) is 18.3. The minimum absolute atomic E-state index is 0.157. The van der Waals surface area contributed by atoms with E-state index in [0.717, 1.165) is 38.0 Å². The zero-order valence-electron chi connectivity index (χ0n) is 15.0. The van der Waals surface area contributed by atoms with E-state index in [1.807, 2.05) is 0 Å². The monoisotopic (exact) mass is 303 g/mol. The maximum Gasteiger partial charge on any atom is 0.0701 e. The zero-order valence-corrected chi connectivity index (χ0v) is 15.0. The highest BCUT2D eigenvalue weighted by Crippen LogP contribution is 2.13. The summed E-state index contributed by atoms with van der Waals surface area (Å²) < 4.78 is 16.5. The van der Waals surface area contributed by atoms with Gasteiger partial charge in [0, 0.05) is 18.7 Å². The molecule has 1 N–H and O–H groups in total. The molecule has 0 rings (SSSR count). The summed E-state index contributed by atoms with van der Waals surface area (Å²) in [4.78, 5) is 0. The van der Waals surface area contributed by atoms with E-state index in [9.17, 15) is 0 Å².